The molecule has 0 saturated carbocycles. The molecule has 7 nitrogen and oxygen atoms in total. The predicted molar refractivity (Wildman–Crippen MR) is 109 cm³/mol. The first-order chi connectivity index (χ1) is 13.4. The number of aromatic nitrogens is 2. The number of esters is 1. The second-order valence-corrected chi connectivity index (χ2v) is 7.00. The second kappa shape index (κ2) is 8.93. The van der Waals surface area contributed by atoms with Crippen LogP contribution < -0.4 is 10.2 Å². The molecule has 3 rings (SSSR count). The molecule has 1 fully saturated rings. The molecule has 2 aromatic rings. The fraction of sp³-hybridized carbons (Fsp3) is 0.350. The van der Waals surface area contributed by atoms with Gasteiger partial charge >= 0.3 is 5.97 Å². The van der Waals surface area contributed by atoms with E-state index >= 15 is 0 Å². The lowest BCUT2D eigenvalue weighted by molar-refractivity contribution is -0.142. The zero-order valence-corrected chi connectivity index (χ0v) is 16.7. The van der Waals surface area contributed by atoms with Gasteiger partial charge in [0.15, 0.2) is 6.61 Å². The molecular formula is C20H23ClN4O3. The summed E-state index contributed by atoms with van der Waals surface area (Å²) in [5, 5.41) is 7.30. The van der Waals surface area contributed by atoms with Crippen LogP contribution in [0.1, 0.15) is 24.1 Å². The van der Waals surface area contributed by atoms with Crippen LogP contribution in [0.15, 0.2) is 30.3 Å². The summed E-state index contributed by atoms with van der Waals surface area (Å²) in [5.74, 6) is -1.02. The highest BCUT2D eigenvalue weighted by Crippen LogP contribution is 2.22. The van der Waals surface area contributed by atoms with E-state index in [1.165, 1.54) is 29.7 Å². The molecule has 1 amide bonds. The molecule has 0 radical (unpaired) electrons. The molecule has 2 heterocycles. The van der Waals surface area contributed by atoms with Gasteiger partial charge in [0.2, 0.25) is 0 Å². The van der Waals surface area contributed by atoms with Crippen molar-refractivity contribution >= 4 is 40.9 Å². The molecule has 0 unspecified atom stereocenters. The Morgan fingerprint density at radius 3 is 2.54 bits per heavy atom. The van der Waals surface area contributed by atoms with Crippen LogP contribution in [0.4, 0.5) is 11.4 Å². The minimum Gasteiger partial charge on any atom is -0.452 e. The van der Waals surface area contributed by atoms with Gasteiger partial charge in [0, 0.05) is 43.2 Å². The van der Waals surface area contributed by atoms with Crippen molar-refractivity contribution in [1.82, 2.24) is 9.78 Å². The van der Waals surface area contributed by atoms with Crippen molar-refractivity contribution in [2.45, 2.75) is 19.8 Å². The minimum absolute atomic E-state index is 0.364. The molecule has 1 aromatic heterocycles. The number of carbonyl (C=O) groups is 2. The molecule has 28 heavy (non-hydrogen) atoms. The number of ether oxygens (including phenoxy) is 1. The average Bonchev–Trinajstić information content (AvgIpc) is 3.29. The number of nitrogens with one attached hydrogen (secondary N) is 1. The van der Waals surface area contributed by atoms with E-state index in [2.05, 4.69) is 15.3 Å². The number of aryl methyl sites for hydroxylation is 2. The van der Waals surface area contributed by atoms with E-state index in [9.17, 15) is 9.59 Å². The van der Waals surface area contributed by atoms with Gasteiger partial charge < -0.3 is 15.0 Å². The Morgan fingerprint density at radius 2 is 1.93 bits per heavy atom. The molecule has 0 atom stereocenters. The highest BCUT2D eigenvalue weighted by atomic mass is 35.5. The molecule has 0 aliphatic carbocycles. The number of nitrogens with zero attached hydrogens (tertiary/aromatic N) is 3. The summed E-state index contributed by atoms with van der Waals surface area (Å²) < 4.78 is 6.49. The summed E-state index contributed by atoms with van der Waals surface area (Å²) >= 11 is 6.10. The van der Waals surface area contributed by atoms with E-state index in [0.717, 1.165) is 18.8 Å². The van der Waals surface area contributed by atoms with Crippen LogP contribution in [-0.4, -0.2) is 41.4 Å². The highest BCUT2D eigenvalue weighted by Gasteiger charge is 2.13. The number of carbonyl (C=O) groups excluding carboxylic acids is 2. The third-order valence-electron chi connectivity index (χ3n) is 4.55. The van der Waals surface area contributed by atoms with Crippen molar-refractivity contribution in [2.75, 3.05) is 29.9 Å². The van der Waals surface area contributed by atoms with E-state index in [-0.39, 0.29) is 6.61 Å². The molecule has 1 aliphatic heterocycles. The maximum absolute atomic E-state index is 12.0. The summed E-state index contributed by atoms with van der Waals surface area (Å²) in [4.78, 5) is 26.1. The summed E-state index contributed by atoms with van der Waals surface area (Å²) in [6.45, 7) is 3.56. The normalized spacial score (nSPS) is 13.9. The van der Waals surface area contributed by atoms with Crippen LogP contribution in [0.25, 0.3) is 6.08 Å². The maximum Gasteiger partial charge on any atom is 0.331 e. The number of amides is 1. The number of rotatable bonds is 6. The van der Waals surface area contributed by atoms with Gasteiger partial charge in [-0.3, -0.25) is 9.48 Å². The first kappa shape index (κ1) is 19.9. The minimum atomic E-state index is -0.626. The van der Waals surface area contributed by atoms with Crippen molar-refractivity contribution in [2.24, 2.45) is 7.05 Å². The Kier molecular flexibility index (Phi) is 6.36. The SMILES string of the molecule is Cc1nn(C)c(Cl)c1/C=C/C(=O)OCC(=O)Nc1ccc(N2CCCC2)cc1. The average molecular weight is 403 g/mol. The largest absolute Gasteiger partial charge is 0.452 e. The van der Waals surface area contributed by atoms with Crippen LogP contribution in [0.3, 0.4) is 0 Å². The van der Waals surface area contributed by atoms with Gasteiger partial charge in [0.05, 0.1) is 5.69 Å². The lowest BCUT2D eigenvalue weighted by atomic mass is 10.2. The van der Waals surface area contributed by atoms with Gasteiger partial charge in [-0.15, -0.1) is 0 Å². The summed E-state index contributed by atoms with van der Waals surface area (Å²) in [7, 11) is 1.72. The maximum atomic E-state index is 12.0. The Morgan fingerprint density at radius 1 is 1.25 bits per heavy atom. The molecule has 1 aromatic carbocycles. The Balaban J connectivity index is 1.47. The van der Waals surface area contributed by atoms with Gasteiger partial charge in [-0.25, -0.2) is 4.79 Å². The van der Waals surface area contributed by atoms with Crippen LogP contribution in [0.2, 0.25) is 5.15 Å². The Hall–Kier alpha value is -2.80. The quantitative estimate of drug-likeness (QED) is 0.593. The highest BCUT2D eigenvalue weighted by molar-refractivity contribution is 6.31. The van der Waals surface area contributed by atoms with Gasteiger partial charge in [-0.1, -0.05) is 11.6 Å². The van der Waals surface area contributed by atoms with Crippen molar-refractivity contribution in [3.63, 3.8) is 0 Å². The van der Waals surface area contributed by atoms with Gasteiger partial charge in [0.1, 0.15) is 5.15 Å². The van der Waals surface area contributed by atoms with Crippen LogP contribution in [-0.2, 0) is 21.4 Å². The molecule has 0 spiro atoms. The monoisotopic (exact) mass is 402 g/mol. The molecular weight excluding hydrogens is 380 g/mol. The standard InChI is InChI=1S/C20H23ClN4O3/c1-14-17(20(21)24(2)23-14)9-10-19(27)28-13-18(26)22-15-5-7-16(8-6-15)25-11-3-4-12-25/h5-10H,3-4,11-13H2,1-2H3,(H,22,26)/b10-9+. The van der Waals surface area contributed by atoms with Crippen molar-refractivity contribution < 1.29 is 14.3 Å². The van der Waals surface area contributed by atoms with Crippen LogP contribution in [0, 0.1) is 6.92 Å². The van der Waals surface area contributed by atoms with Crippen molar-refractivity contribution in [3.8, 4) is 0 Å². The molecule has 1 N–H and O–H groups in total. The lowest BCUT2D eigenvalue weighted by Crippen LogP contribution is -2.20. The fourth-order valence-electron chi connectivity index (χ4n) is 3.10. The number of halogens is 1. The van der Waals surface area contributed by atoms with E-state index in [4.69, 9.17) is 16.3 Å². The molecule has 8 heteroatoms. The summed E-state index contributed by atoms with van der Waals surface area (Å²) in [6.07, 6.45) is 5.19. The number of hydrogen-bond donors (Lipinski definition) is 1. The fourth-order valence-corrected chi connectivity index (χ4v) is 3.34. The second-order valence-electron chi connectivity index (χ2n) is 6.64. The number of hydrogen-bond acceptors (Lipinski definition) is 5. The zero-order valence-electron chi connectivity index (χ0n) is 15.9. The van der Waals surface area contributed by atoms with Crippen molar-refractivity contribution in [3.05, 3.63) is 46.8 Å². The van der Waals surface area contributed by atoms with Crippen LogP contribution >= 0.6 is 11.6 Å². The predicted octanol–water partition coefficient (Wildman–Crippen LogP) is 3.18. The lowest BCUT2D eigenvalue weighted by Gasteiger charge is -2.17. The van der Waals surface area contributed by atoms with E-state index in [0.29, 0.717) is 22.1 Å². The third kappa shape index (κ3) is 4.92. The molecule has 1 aliphatic rings. The zero-order chi connectivity index (χ0) is 20.1. The van der Waals surface area contributed by atoms with Gasteiger partial charge in [-0.05, 0) is 50.1 Å². The first-order valence-electron chi connectivity index (χ1n) is 9.13. The smallest absolute Gasteiger partial charge is 0.331 e. The van der Waals surface area contributed by atoms with E-state index in [1.54, 1.807) is 14.0 Å². The number of anilines is 2. The van der Waals surface area contributed by atoms with Crippen molar-refractivity contribution in [1.29, 1.82) is 0 Å². The molecule has 0 bridgehead atoms. The Bertz CT molecular complexity index is 884. The number of benzene rings is 1. The summed E-state index contributed by atoms with van der Waals surface area (Å²) in [6, 6.07) is 7.66. The Labute approximate surface area is 168 Å². The van der Waals surface area contributed by atoms with E-state index in [1.807, 2.05) is 24.3 Å². The molecule has 1 saturated heterocycles. The van der Waals surface area contributed by atoms with E-state index < -0.39 is 11.9 Å². The molecule has 148 valence electrons. The third-order valence-corrected chi connectivity index (χ3v) is 5.00. The van der Waals surface area contributed by atoms with Crippen LogP contribution in [0.5, 0.6) is 0 Å². The van der Waals surface area contributed by atoms with Gasteiger partial charge in [-0.2, -0.15) is 5.10 Å². The topological polar surface area (TPSA) is 76.5 Å². The van der Waals surface area contributed by atoms with Gasteiger partial charge in [0.25, 0.3) is 5.91 Å². The summed E-state index contributed by atoms with van der Waals surface area (Å²) in [5.41, 5.74) is 3.16. The first-order valence-corrected chi connectivity index (χ1v) is 9.50.